The maximum Gasteiger partial charge on any atom is 0.311 e. The molecule has 0 aliphatic heterocycles. The second-order valence-electron chi connectivity index (χ2n) is 10.7. The highest BCUT2D eigenvalue weighted by atomic mass is 33.1. The smallest absolute Gasteiger partial charge is 0.311 e. The van der Waals surface area contributed by atoms with Crippen LogP contribution in [0.4, 0.5) is 0 Å². The van der Waals surface area contributed by atoms with E-state index in [2.05, 4.69) is 0 Å². The van der Waals surface area contributed by atoms with Gasteiger partial charge in [0.05, 0.1) is 0 Å². The van der Waals surface area contributed by atoms with Crippen LogP contribution in [0.5, 0.6) is 23.0 Å². The Labute approximate surface area is 260 Å². The van der Waals surface area contributed by atoms with Crippen molar-refractivity contribution in [2.24, 2.45) is 0 Å². The first-order valence-electron chi connectivity index (χ1n) is 15.8. The molecule has 0 heterocycles. The van der Waals surface area contributed by atoms with Crippen molar-refractivity contribution in [2.45, 2.75) is 116 Å². The Balaban J connectivity index is 1.22. The molecule has 0 saturated heterocycles. The van der Waals surface area contributed by atoms with Crippen LogP contribution in [0.25, 0.3) is 0 Å². The van der Waals surface area contributed by atoms with Gasteiger partial charge in [0.15, 0.2) is 0 Å². The zero-order valence-corrected chi connectivity index (χ0v) is 26.7. The van der Waals surface area contributed by atoms with E-state index in [4.69, 9.17) is 9.47 Å². The lowest BCUT2D eigenvalue weighted by atomic mass is 10.1. The summed E-state index contributed by atoms with van der Waals surface area (Å²) in [7, 11) is 4.05. The fourth-order valence-corrected chi connectivity index (χ4v) is 6.79. The lowest BCUT2D eigenvalue weighted by Gasteiger charge is -2.05. The first-order chi connectivity index (χ1) is 20.5. The number of carbonyl (C=O) groups is 2. The van der Waals surface area contributed by atoms with Crippen molar-refractivity contribution in [1.82, 2.24) is 0 Å². The van der Waals surface area contributed by atoms with Gasteiger partial charge in [-0.25, -0.2) is 0 Å². The molecule has 0 saturated carbocycles. The van der Waals surface area contributed by atoms with Crippen LogP contribution >= 0.6 is 21.6 Å². The van der Waals surface area contributed by atoms with E-state index in [1.165, 1.54) is 113 Å². The molecular formula is C34H50O6S2. The second kappa shape index (κ2) is 24.2. The van der Waals surface area contributed by atoms with Crippen LogP contribution < -0.4 is 9.47 Å². The zero-order valence-electron chi connectivity index (χ0n) is 25.1. The molecule has 0 bridgehead atoms. The summed E-state index contributed by atoms with van der Waals surface area (Å²) in [6.07, 6.45) is 20.0. The van der Waals surface area contributed by atoms with Gasteiger partial charge in [0.2, 0.25) is 0 Å². The average molecular weight is 619 g/mol. The Hall–Kier alpha value is -2.32. The molecule has 0 amide bonds. The van der Waals surface area contributed by atoms with E-state index >= 15 is 0 Å². The van der Waals surface area contributed by atoms with Crippen molar-refractivity contribution < 1.29 is 29.3 Å². The zero-order chi connectivity index (χ0) is 30.1. The van der Waals surface area contributed by atoms with E-state index in [0.29, 0.717) is 24.3 Å². The number of phenolic OH excluding ortho intramolecular Hbond substituents is 2. The molecule has 2 N–H and O–H groups in total. The SMILES string of the molecule is O=C(CCCCCCCCCCSSCCCCCCCCCCC(=O)Oc1ccc(O)cc1)Oc1ccc(O)cc1. The number of benzene rings is 2. The Bertz CT molecular complexity index is 886. The molecule has 2 rings (SSSR count). The molecule has 0 aliphatic carbocycles. The van der Waals surface area contributed by atoms with E-state index in [9.17, 15) is 19.8 Å². The van der Waals surface area contributed by atoms with Crippen LogP contribution in [0, 0.1) is 0 Å². The molecule has 0 radical (unpaired) electrons. The normalized spacial score (nSPS) is 11.0. The van der Waals surface area contributed by atoms with Gasteiger partial charge in [-0.2, -0.15) is 0 Å². The quantitative estimate of drug-likeness (QED) is 0.0491. The van der Waals surface area contributed by atoms with Gasteiger partial charge in [-0.1, -0.05) is 98.6 Å². The van der Waals surface area contributed by atoms with Gasteiger partial charge in [0, 0.05) is 24.3 Å². The maximum atomic E-state index is 11.9. The van der Waals surface area contributed by atoms with Crippen molar-refractivity contribution in [3.63, 3.8) is 0 Å². The standard InChI is InChI=1S/C34H50O6S2/c35-29-19-23-31(24-20-29)39-33(37)17-13-9-5-1-3-7-11-15-27-41-42-28-16-12-8-4-2-6-10-14-18-34(38)40-32-25-21-30(36)22-26-32/h19-26,35-36H,1-18,27-28H2. The minimum absolute atomic E-state index is 0.165. The van der Waals surface area contributed by atoms with Gasteiger partial charge < -0.3 is 19.7 Å². The molecule has 0 atom stereocenters. The minimum atomic E-state index is -0.204. The lowest BCUT2D eigenvalue weighted by Crippen LogP contribution is -2.07. The van der Waals surface area contributed by atoms with Crippen LogP contribution in [-0.4, -0.2) is 33.7 Å². The Morgan fingerprint density at radius 3 is 1.07 bits per heavy atom. The molecule has 0 aliphatic rings. The van der Waals surface area contributed by atoms with E-state index in [1.807, 2.05) is 21.6 Å². The van der Waals surface area contributed by atoms with E-state index in [0.717, 1.165) is 25.7 Å². The largest absolute Gasteiger partial charge is 0.508 e. The molecule has 0 unspecified atom stereocenters. The predicted octanol–water partition coefficient (Wildman–Crippen LogP) is 10.0. The molecule has 0 fully saturated rings. The van der Waals surface area contributed by atoms with Crippen molar-refractivity contribution >= 4 is 33.5 Å². The second-order valence-corrected chi connectivity index (χ2v) is 13.4. The van der Waals surface area contributed by atoms with E-state index in [1.54, 1.807) is 24.3 Å². The lowest BCUT2D eigenvalue weighted by molar-refractivity contribution is -0.135. The molecule has 234 valence electrons. The fraction of sp³-hybridized carbons (Fsp3) is 0.588. The van der Waals surface area contributed by atoms with Gasteiger partial charge in [-0.3, -0.25) is 9.59 Å². The predicted molar refractivity (Wildman–Crippen MR) is 176 cm³/mol. The number of carbonyl (C=O) groups excluding carboxylic acids is 2. The minimum Gasteiger partial charge on any atom is -0.508 e. The van der Waals surface area contributed by atoms with Crippen LogP contribution in [0.3, 0.4) is 0 Å². The molecule has 2 aromatic carbocycles. The Morgan fingerprint density at radius 2 is 0.738 bits per heavy atom. The number of hydrogen-bond donors (Lipinski definition) is 2. The van der Waals surface area contributed by atoms with Crippen molar-refractivity contribution in [1.29, 1.82) is 0 Å². The summed E-state index contributed by atoms with van der Waals surface area (Å²) in [5, 5.41) is 18.5. The van der Waals surface area contributed by atoms with Crippen LogP contribution in [0.15, 0.2) is 48.5 Å². The molecule has 42 heavy (non-hydrogen) atoms. The van der Waals surface area contributed by atoms with Gasteiger partial charge in [0.25, 0.3) is 0 Å². The highest BCUT2D eigenvalue weighted by Crippen LogP contribution is 2.25. The van der Waals surface area contributed by atoms with Crippen molar-refractivity contribution in [2.75, 3.05) is 11.5 Å². The molecule has 0 spiro atoms. The molecular weight excluding hydrogens is 569 g/mol. The van der Waals surface area contributed by atoms with Gasteiger partial charge >= 0.3 is 11.9 Å². The molecule has 8 heteroatoms. The molecule has 2 aromatic rings. The number of rotatable bonds is 25. The molecule has 6 nitrogen and oxygen atoms in total. The third-order valence-corrected chi connectivity index (χ3v) is 9.51. The summed E-state index contributed by atoms with van der Waals surface area (Å²) >= 11 is 0. The third kappa shape index (κ3) is 19.7. The number of esters is 2. The summed E-state index contributed by atoms with van der Waals surface area (Å²) < 4.78 is 10.5. The van der Waals surface area contributed by atoms with Crippen molar-refractivity contribution in [3.05, 3.63) is 48.5 Å². The number of phenols is 2. The first kappa shape index (κ1) is 35.9. The Kier molecular flexibility index (Phi) is 20.6. The fourth-order valence-electron chi connectivity index (χ4n) is 4.49. The number of ether oxygens (including phenoxy) is 2. The summed E-state index contributed by atoms with van der Waals surface area (Å²) in [5.74, 6) is 3.38. The van der Waals surface area contributed by atoms with Gasteiger partial charge in [-0.15, -0.1) is 0 Å². The van der Waals surface area contributed by atoms with E-state index < -0.39 is 0 Å². The summed E-state index contributed by atoms with van der Waals surface area (Å²) in [5.41, 5.74) is 0. The summed E-state index contributed by atoms with van der Waals surface area (Å²) in [4.78, 5) is 23.7. The highest BCUT2D eigenvalue weighted by Gasteiger charge is 2.06. The number of unbranched alkanes of at least 4 members (excludes halogenated alkanes) is 14. The monoisotopic (exact) mass is 618 g/mol. The number of aromatic hydroxyl groups is 2. The van der Waals surface area contributed by atoms with Crippen LogP contribution in [-0.2, 0) is 9.59 Å². The average Bonchev–Trinajstić information content (AvgIpc) is 2.98. The maximum absolute atomic E-state index is 11.9. The topological polar surface area (TPSA) is 93.1 Å². The first-order valence-corrected chi connectivity index (χ1v) is 18.3. The summed E-state index contributed by atoms with van der Waals surface area (Å²) in [6, 6.07) is 12.5. The van der Waals surface area contributed by atoms with Crippen molar-refractivity contribution in [3.8, 4) is 23.0 Å². The van der Waals surface area contributed by atoms with Gasteiger partial charge in [-0.05, 0) is 74.2 Å². The van der Waals surface area contributed by atoms with Gasteiger partial charge in [0.1, 0.15) is 23.0 Å². The van der Waals surface area contributed by atoms with E-state index in [-0.39, 0.29) is 23.4 Å². The van der Waals surface area contributed by atoms with Crippen LogP contribution in [0.1, 0.15) is 116 Å². The summed E-state index contributed by atoms with van der Waals surface area (Å²) in [6.45, 7) is 0. The third-order valence-electron chi connectivity index (χ3n) is 6.94. The number of hydrogen-bond acceptors (Lipinski definition) is 8. The highest BCUT2D eigenvalue weighted by molar-refractivity contribution is 8.76. The Morgan fingerprint density at radius 1 is 0.452 bits per heavy atom. The van der Waals surface area contributed by atoms with Crippen LogP contribution in [0.2, 0.25) is 0 Å². The molecule has 0 aromatic heterocycles.